The lowest BCUT2D eigenvalue weighted by atomic mass is 9.89. The zero-order valence-electron chi connectivity index (χ0n) is 14.0. The predicted octanol–water partition coefficient (Wildman–Crippen LogP) is 2.48. The van der Waals surface area contributed by atoms with Crippen molar-refractivity contribution in [3.05, 3.63) is 27.9 Å². The molecule has 0 radical (unpaired) electrons. The fourth-order valence-electron chi connectivity index (χ4n) is 3.15. The molecule has 8 heteroatoms. The van der Waals surface area contributed by atoms with Crippen molar-refractivity contribution in [3.63, 3.8) is 0 Å². The average Bonchev–Trinajstić information content (AvgIpc) is 2.56. The Morgan fingerprint density at radius 3 is 2.83 bits per heavy atom. The molecule has 2 unspecified atom stereocenters. The highest BCUT2D eigenvalue weighted by Crippen LogP contribution is 2.28. The number of nitrogens with two attached hydrogens (primary N) is 1. The van der Waals surface area contributed by atoms with E-state index in [9.17, 15) is 14.9 Å². The molecule has 0 bridgehead atoms. The lowest BCUT2D eigenvalue weighted by Gasteiger charge is -2.34. The number of aromatic nitrogens is 1. The molecular weight excluding hydrogens is 312 g/mol. The summed E-state index contributed by atoms with van der Waals surface area (Å²) in [6, 6.07) is 1.26. The monoisotopic (exact) mass is 336 g/mol. The summed E-state index contributed by atoms with van der Waals surface area (Å²) < 4.78 is 5.88. The molecule has 1 saturated heterocycles. The van der Waals surface area contributed by atoms with Gasteiger partial charge in [-0.3, -0.25) is 14.9 Å². The Kier molecular flexibility index (Phi) is 6.08. The first-order chi connectivity index (χ1) is 11.5. The molecule has 1 aromatic heterocycles. The van der Waals surface area contributed by atoms with Crippen LogP contribution in [0.1, 0.15) is 49.9 Å². The molecule has 1 aromatic rings. The van der Waals surface area contributed by atoms with Gasteiger partial charge in [-0.05, 0) is 18.8 Å². The Bertz CT molecular complexity index is 604. The quantitative estimate of drug-likeness (QED) is 0.583. The molecule has 24 heavy (non-hydrogen) atoms. The Morgan fingerprint density at radius 1 is 1.54 bits per heavy atom. The van der Waals surface area contributed by atoms with Crippen LogP contribution in [0.3, 0.4) is 0 Å². The molecule has 3 N–H and O–H groups in total. The largest absolute Gasteiger partial charge is 0.378 e. The van der Waals surface area contributed by atoms with Gasteiger partial charge in [0.05, 0.1) is 16.6 Å². The van der Waals surface area contributed by atoms with Crippen LogP contribution < -0.4 is 11.1 Å². The third-order valence-corrected chi connectivity index (χ3v) is 4.58. The van der Waals surface area contributed by atoms with Crippen molar-refractivity contribution in [2.45, 2.75) is 51.7 Å². The van der Waals surface area contributed by atoms with Crippen molar-refractivity contribution in [1.82, 2.24) is 4.98 Å². The van der Waals surface area contributed by atoms with Crippen molar-refractivity contribution >= 4 is 17.4 Å². The molecule has 2 heterocycles. The number of nitrogens with zero attached hydrogens (tertiary/aromatic N) is 2. The summed E-state index contributed by atoms with van der Waals surface area (Å²) in [7, 11) is 0. The van der Waals surface area contributed by atoms with Gasteiger partial charge in [0.2, 0.25) is 0 Å². The number of rotatable bonds is 7. The second-order valence-electron chi connectivity index (χ2n) is 6.06. The summed E-state index contributed by atoms with van der Waals surface area (Å²) in [5.74, 6) is 0.0515. The Labute approximate surface area is 140 Å². The number of amides is 1. The highest BCUT2D eigenvalue weighted by molar-refractivity contribution is 5.98. The number of hydrogen-bond donors (Lipinski definition) is 2. The number of nitrogens with one attached hydrogen (secondary N) is 1. The van der Waals surface area contributed by atoms with Gasteiger partial charge in [0, 0.05) is 18.7 Å². The summed E-state index contributed by atoms with van der Waals surface area (Å²) in [5, 5.41) is 14.1. The number of primary amides is 1. The maximum absolute atomic E-state index is 11.6. The summed E-state index contributed by atoms with van der Waals surface area (Å²) in [5.41, 5.74) is 5.12. The van der Waals surface area contributed by atoms with E-state index >= 15 is 0 Å². The van der Waals surface area contributed by atoms with Crippen molar-refractivity contribution in [2.24, 2.45) is 11.7 Å². The minimum Gasteiger partial charge on any atom is -0.378 e. The van der Waals surface area contributed by atoms with Gasteiger partial charge in [-0.2, -0.15) is 0 Å². The molecule has 8 nitrogen and oxygen atoms in total. The van der Waals surface area contributed by atoms with Crippen molar-refractivity contribution in [2.75, 3.05) is 11.9 Å². The van der Waals surface area contributed by atoms with Crippen molar-refractivity contribution in [1.29, 1.82) is 0 Å². The third-order valence-electron chi connectivity index (χ3n) is 4.58. The van der Waals surface area contributed by atoms with E-state index in [2.05, 4.69) is 24.1 Å². The second-order valence-corrected chi connectivity index (χ2v) is 6.06. The maximum Gasteiger partial charge on any atom is 0.288 e. The summed E-state index contributed by atoms with van der Waals surface area (Å²) in [6.07, 6.45) is 5.00. The van der Waals surface area contributed by atoms with Crippen LogP contribution in [0.5, 0.6) is 0 Å². The molecule has 132 valence electrons. The van der Waals surface area contributed by atoms with Crippen LogP contribution in [0.25, 0.3) is 0 Å². The van der Waals surface area contributed by atoms with Crippen LogP contribution in [-0.4, -0.2) is 34.6 Å². The summed E-state index contributed by atoms with van der Waals surface area (Å²) in [6.45, 7) is 4.94. The molecule has 0 spiro atoms. The lowest BCUT2D eigenvalue weighted by molar-refractivity contribution is -0.385. The SMILES string of the molecule is CCC(CC)C1CC(Nc2ncc([N+](=O)[O-])cc2C(N)=O)CCO1. The standard InChI is InChI=1S/C16H24N4O4/c1-3-10(4-2)14-7-11(5-6-24-14)19-16-13(15(17)21)8-12(9-18-16)20(22)23/h8-11,14H,3-7H2,1-2H3,(H2,17,21)(H,18,19). The molecule has 1 amide bonds. The minimum atomic E-state index is -0.739. The molecular formula is C16H24N4O4. The van der Waals surface area contributed by atoms with Gasteiger partial charge in [0.25, 0.3) is 11.6 Å². The van der Waals surface area contributed by atoms with Crippen LogP contribution in [-0.2, 0) is 4.74 Å². The normalized spacial score (nSPS) is 20.8. The van der Waals surface area contributed by atoms with Crippen molar-refractivity contribution < 1.29 is 14.5 Å². The van der Waals surface area contributed by atoms with Gasteiger partial charge in [0.15, 0.2) is 0 Å². The number of carbonyl (C=O) groups excluding carboxylic acids is 1. The summed E-state index contributed by atoms with van der Waals surface area (Å²) >= 11 is 0. The number of nitro groups is 1. The van der Waals surface area contributed by atoms with Crippen LogP contribution in [0.4, 0.5) is 11.5 Å². The molecule has 2 rings (SSSR count). The fourth-order valence-corrected chi connectivity index (χ4v) is 3.15. The van der Waals surface area contributed by atoms with Gasteiger partial charge in [0.1, 0.15) is 12.0 Å². The number of ether oxygens (including phenoxy) is 1. The molecule has 0 saturated carbocycles. The number of carbonyl (C=O) groups is 1. The van der Waals surface area contributed by atoms with Crippen LogP contribution >= 0.6 is 0 Å². The van der Waals surface area contributed by atoms with E-state index < -0.39 is 10.8 Å². The van der Waals surface area contributed by atoms with Crippen LogP contribution in [0.2, 0.25) is 0 Å². The fraction of sp³-hybridized carbons (Fsp3) is 0.625. The first-order valence-electron chi connectivity index (χ1n) is 8.28. The van der Waals surface area contributed by atoms with Gasteiger partial charge in [-0.1, -0.05) is 26.7 Å². The zero-order chi connectivity index (χ0) is 17.7. The van der Waals surface area contributed by atoms with E-state index in [0.717, 1.165) is 37.9 Å². The van der Waals surface area contributed by atoms with Crippen molar-refractivity contribution in [3.8, 4) is 0 Å². The predicted molar refractivity (Wildman–Crippen MR) is 89.9 cm³/mol. The molecule has 0 aromatic carbocycles. The van der Waals surface area contributed by atoms with Gasteiger partial charge in [-0.25, -0.2) is 4.98 Å². The number of pyridine rings is 1. The maximum atomic E-state index is 11.6. The number of anilines is 1. The van der Waals surface area contributed by atoms with E-state index in [1.807, 2.05) is 0 Å². The summed E-state index contributed by atoms with van der Waals surface area (Å²) in [4.78, 5) is 25.9. The molecule has 0 aliphatic carbocycles. The van der Waals surface area contributed by atoms with E-state index in [0.29, 0.717) is 18.3 Å². The minimum absolute atomic E-state index is 0.0368. The lowest BCUT2D eigenvalue weighted by Crippen LogP contribution is -2.38. The van der Waals surface area contributed by atoms with Crippen LogP contribution in [0.15, 0.2) is 12.3 Å². The molecule has 1 fully saturated rings. The molecule has 2 atom stereocenters. The first-order valence-corrected chi connectivity index (χ1v) is 8.28. The van der Waals surface area contributed by atoms with Gasteiger partial charge < -0.3 is 15.8 Å². The molecule has 1 aliphatic heterocycles. The zero-order valence-corrected chi connectivity index (χ0v) is 14.0. The van der Waals surface area contributed by atoms with Crippen LogP contribution in [0, 0.1) is 16.0 Å². The van der Waals surface area contributed by atoms with E-state index in [-0.39, 0.29) is 23.4 Å². The Morgan fingerprint density at radius 2 is 2.25 bits per heavy atom. The Hall–Kier alpha value is -2.22. The first kappa shape index (κ1) is 18.1. The topological polar surface area (TPSA) is 120 Å². The van der Waals surface area contributed by atoms with Gasteiger partial charge in [-0.15, -0.1) is 0 Å². The Balaban J connectivity index is 2.15. The van der Waals surface area contributed by atoms with Gasteiger partial charge >= 0.3 is 0 Å². The highest BCUT2D eigenvalue weighted by atomic mass is 16.6. The second kappa shape index (κ2) is 8.05. The molecule has 1 aliphatic rings. The number of hydrogen-bond acceptors (Lipinski definition) is 6. The average molecular weight is 336 g/mol. The third kappa shape index (κ3) is 4.19. The van der Waals surface area contributed by atoms with E-state index in [1.54, 1.807) is 0 Å². The van der Waals surface area contributed by atoms with E-state index in [4.69, 9.17) is 10.5 Å². The smallest absolute Gasteiger partial charge is 0.288 e. The van der Waals surface area contributed by atoms with E-state index in [1.165, 1.54) is 0 Å². The highest BCUT2D eigenvalue weighted by Gasteiger charge is 2.28.